The average molecular weight is 379 g/mol. The molecule has 0 unspecified atom stereocenters. The fraction of sp³-hybridized carbons (Fsp3) is 0.273. The molecule has 0 fully saturated rings. The molecule has 0 aliphatic carbocycles. The molecule has 28 heavy (non-hydrogen) atoms. The molecule has 1 atom stereocenters. The number of aromatic nitrogens is 2. The number of pyridine rings is 1. The highest BCUT2D eigenvalue weighted by Gasteiger charge is 2.25. The van der Waals surface area contributed by atoms with Gasteiger partial charge in [-0.1, -0.05) is 6.07 Å². The zero-order chi connectivity index (χ0) is 19.7. The molecular formula is C22H22FN3O2. The predicted octanol–water partition coefficient (Wildman–Crippen LogP) is 4.27. The van der Waals surface area contributed by atoms with E-state index in [1.165, 1.54) is 12.1 Å². The quantitative estimate of drug-likeness (QED) is 0.739. The van der Waals surface area contributed by atoms with Gasteiger partial charge in [-0.2, -0.15) is 0 Å². The average Bonchev–Trinajstić information content (AvgIpc) is 2.86. The van der Waals surface area contributed by atoms with Gasteiger partial charge in [0.25, 0.3) is 5.91 Å². The van der Waals surface area contributed by atoms with Crippen LogP contribution in [0, 0.1) is 19.7 Å². The summed E-state index contributed by atoms with van der Waals surface area (Å²) in [4.78, 5) is 17.4. The molecule has 6 heteroatoms. The number of nitrogens with one attached hydrogen (secondary N) is 1. The highest BCUT2D eigenvalue weighted by atomic mass is 19.1. The van der Waals surface area contributed by atoms with Crippen LogP contribution >= 0.6 is 0 Å². The molecule has 0 radical (unpaired) electrons. The number of nitrogens with zero attached hydrogens (tertiary/aromatic N) is 2. The van der Waals surface area contributed by atoms with Crippen LogP contribution in [0.25, 0.3) is 5.82 Å². The van der Waals surface area contributed by atoms with Crippen LogP contribution in [-0.4, -0.2) is 22.1 Å². The number of halogens is 1. The van der Waals surface area contributed by atoms with Crippen molar-refractivity contribution >= 4 is 5.91 Å². The Balaban J connectivity index is 1.64. The summed E-state index contributed by atoms with van der Waals surface area (Å²) in [6.07, 6.45) is 3.21. The first-order valence-electron chi connectivity index (χ1n) is 9.38. The first-order valence-corrected chi connectivity index (χ1v) is 9.38. The maximum Gasteiger partial charge on any atom is 0.253 e. The molecule has 1 aliphatic heterocycles. The number of benzene rings is 1. The second-order valence-electron chi connectivity index (χ2n) is 7.01. The van der Waals surface area contributed by atoms with E-state index in [9.17, 15) is 9.18 Å². The number of rotatable bonds is 3. The van der Waals surface area contributed by atoms with Crippen LogP contribution in [0.1, 0.15) is 46.2 Å². The van der Waals surface area contributed by atoms with Crippen molar-refractivity contribution in [3.8, 4) is 11.6 Å². The molecule has 3 heterocycles. The largest absolute Gasteiger partial charge is 0.493 e. The van der Waals surface area contributed by atoms with Gasteiger partial charge in [0.2, 0.25) is 0 Å². The second kappa shape index (κ2) is 7.46. The molecule has 0 saturated carbocycles. The minimum Gasteiger partial charge on any atom is -0.493 e. The second-order valence-corrected chi connectivity index (χ2v) is 7.01. The van der Waals surface area contributed by atoms with Crippen LogP contribution in [-0.2, 0) is 0 Å². The van der Waals surface area contributed by atoms with Gasteiger partial charge in [-0.25, -0.2) is 9.37 Å². The Hall–Kier alpha value is -3.15. The third-order valence-corrected chi connectivity index (χ3v) is 5.10. The van der Waals surface area contributed by atoms with E-state index in [4.69, 9.17) is 4.74 Å². The van der Waals surface area contributed by atoms with Crippen molar-refractivity contribution in [2.75, 3.05) is 6.61 Å². The Bertz CT molecular complexity index is 1010. The number of carbonyl (C=O) groups excluding carboxylic acids is 1. The highest BCUT2D eigenvalue weighted by molar-refractivity contribution is 5.96. The van der Waals surface area contributed by atoms with E-state index in [1.807, 2.05) is 42.7 Å². The van der Waals surface area contributed by atoms with Crippen molar-refractivity contribution in [3.63, 3.8) is 0 Å². The molecule has 1 aromatic carbocycles. The van der Waals surface area contributed by atoms with Gasteiger partial charge in [0, 0.05) is 23.1 Å². The van der Waals surface area contributed by atoms with Crippen LogP contribution in [0.4, 0.5) is 4.39 Å². The Morgan fingerprint density at radius 1 is 1.25 bits per heavy atom. The summed E-state index contributed by atoms with van der Waals surface area (Å²) in [7, 11) is 0. The SMILES string of the molecule is Cc1cc(C(=O)N[C@@H]2CCCOc3ccc(F)cc32)c(C)n1-c1ccccn1. The third kappa shape index (κ3) is 3.38. The van der Waals surface area contributed by atoms with Gasteiger partial charge < -0.3 is 14.6 Å². The molecule has 0 saturated heterocycles. The molecule has 3 aromatic rings. The molecule has 2 aromatic heterocycles. The normalized spacial score (nSPS) is 16.0. The molecule has 0 spiro atoms. The van der Waals surface area contributed by atoms with Crippen molar-refractivity contribution in [2.45, 2.75) is 32.7 Å². The molecule has 4 rings (SSSR count). The molecule has 0 bridgehead atoms. The van der Waals surface area contributed by atoms with E-state index < -0.39 is 0 Å². The maximum atomic E-state index is 13.8. The number of hydrogen-bond donors (Lipinski definition) is 1. The molecular weight excluding hydrogens is 357 g/mol. The molecule has 1 aliphatic rings. The van der Waals surface area contributed by atoms with Crippen LogP contribution in [0.15, 0.2) is 48.7 Å². The van der Waals surface area contributed by atoms with E-state index in [1.54, 1.807) is 12.3 Å². The summed E-state index contributed by atoms with van der Waals surface area (Å²) in [6.45, 7) is 4.40. The van der Waals surface area contributed by atoms with Crippen LogP contribution < -0.4 is 10.1 Å². The number of hydrogen-bond acceptors (Lipinski definition) is 3. The number of aryl methyl sites for hydroxylation is 1. The maximum absolute atomic E-state index is 13.8. The number of fused-ring (bicyclic) bond motifs is 1. The van der Waals surface area contributed by atoms with E-state index in [0.29, 0.717) is 29.9 Å². The highest BCUT2D eigenvalue weighted by Crippen LogP contribution is 2.32. The summed E-state index contributed by atoms with van der Waals surface area (Å²) < 4.78 is 21.4. The minimum atomic E-state index is -0.336. The lowest BCUT2D eigenvalue weighted by Gasteiger charge is -2.18. The van der Waals surface area contributed by atoms with Crippen molar-refractivity contribution in [2.24, 2.45) is 0 Å². The van der Waals surface area contributed by atoms with Gasteiger partial charge in [-0.15, -0.1) is 0 Å². The summed E-state index contributed by atoms with van der Waals surface area (Å²) in [6, 6.07) is 11.7. The summed E-state index contributed by atoms with van der Waals surface area (Å²) in [5, 5.41) is 3.07. The Labute approximate surface area is 163 Å². The van der Waals surface area contributed by atoms with Gasteiger partial charge in [-0.3, -0.25) is 4.79 Å². The van der Waals surface area contributed by atoms with Crippen molar-refractivity contribution in [3.05, 3.63) is 77.0 Å². The van der Waals surface area contributed by atoms with Crippen LogP contribution in [0.5, 0.6) is 5.75 Å². The molecule has 5 nitrogen and oxygen atoms in total. The lowest BCUT2D eigenvalue weighted by atomic mass is 10.0. The Morgan fingerprint density at radius 2 is 2.11 bits per heavy atom. The Kier molecular flexibility index (Phi) is 4.86. The van der Waals surface area contributed by atoms with Gasteiger partial charge in [0.15, 0.2) is 0 Å². The van der Waals surface area contributed by atoms with Crippen LogP contribution in [0.2, 0.25) is 0 Å². The topological polar surface area (TPSA) is 56.1 Å². The minimum absolute atomic E-state index is 0.183. The fourth-order valence-electron chi connectivity index (χ4n) is 3.77. The summed E-state index contributed by atoms with van der Waals surface area (Å²) in [5.74, 6) is 0.879. The summed E-state index contributed by atoms with van der Waals surface area (Å²) in [5.41, 5.74) is 3.02. The first kappa shape index (κ1) is 18.2. The lowest BCUT2D eigenvalue weighted by Crippen LogP contribution is -2.28. The molecule has 144 valence electrons. The zero-order valence-electron chi connectivity index (χ0n) is 15.9. The van der Waals surface area contributed by atoms with Gasteiger partial charge in [0.1, 0.15) is 17.4 Å². The monoisotopic (exact) mass is 379 g/mol. The van der Waals surface area contributed by atoms with Gasteiger partial charge >= 0.3 is 0 Å². The van der Waals surface area contributed by atoms with Crippen molar-refractivity contribution in [1.82, 2.24) is 14.9 Å². The third-order valence-electron chi connectivity index (χ3n) is 5.10. The first-order chi connectivity index (χ1) is 13.5. The molecule has 1 amide bonds. The van der Waals surface area contributed by atoms with E-state index in [2.05, 4.69) is 10.3 Å². The number of carbonyl (C=O) groups is 1. The van der Waals surface area contributed by atoms with Gasteiger partial charge in [-0.05, 0) is 63.1 Å². The van der Waals surface area contributed by atoms with Crippen molar-refractivity contribution in [1.29, 1.82) is 0 Å². The predicted molar refractivity (Wildman–Crippen MR) is 104 cm³/mol. The number of amides is 1. The summed E-state index contributed by atoms with van der Waals surface area (Å²) >= 11 is 0. The van der Waals surface area contributed by atoms with E-state index in [0.717, 1.165) is 23.6 Å². The van der Waals surface area contributed by atoms with Crippen molar-refractivity contribution < 1.29 is 13.9 Å². The zero-order valence-corrected chi connectivity index (χ0v) is 15.9. The number of ether oxygens (including phenoxy) is 1. The van der Waals surface area contributed by atoms with Gasteiger partial charge in [0.05, 0.1) is 18.2 Å². The van der Waals surface area contributed by atoms with Crippen LogP contribution in [0.3, 0.4) is 0 Å². The smallest absolute Gasteiger partial charge is 0.253 e. The van der Waals surface area contributed by atoms with E-state index in [-0.39, 0.29) is 17.8 Å². The standard InChI is InChI=1S/C22H22FN3O2/c1-14-12-17(15(2)26(14)21-7-3-4-10-24-21)22(27)25-19-6-5-11-28-20-9-8-16(23)13-18(19)20/h3-4,7-10,12-13,19H,5-6,11H2,1-2H3,(H,25,27)/t19-/m1/s1. The Morgan fingerprint density at radius 3 is 2.89 bits per heavy atom. The lowest BCUT2D eigenvalue weighted by molar-refractivity contribution is 0.0934. The van der Waals surface area contributed by atoms with E-state index >= 15 is 0 Å². The molecule has 1 N–H and O–H groups in total. The fourth-order valence-corrected chi connectivity index (χ4v) is 3.77.